The van der Waals surface area contributed by atoms with Crippen LogP contribution in [-0.2, 0) is 76.6 Å². The van der Waals surface area contributed by atoms with Gasteiger partial charge in [-0.15, -0.1) is 10.2 Å². The molecule has 30 nitrogen and oxygen atoms in total. The average Bonchev–Trinajstić information content (AvgIpc) is 1.63. The molecule has 782 valence electrons. The van der Waals surface area contributed by atoms with Crippen molar-refractivity contribution in [3.63, 3.8) is 0 Å². The maximum Gasteiger partial charge on any atom is 0.323 e. The van der Waals surface area contributed by atoms with Gasteiger partial charge in [0, 0.05) is 268 Å². The van der Waals surface area contributed by atoms with E-state index in [0.717, 1.165) is 223 Å². The second-order valence-electron chi connectivity index (χ2n) is 47.0. The van der Waals surface area contributed by atoms with Crippen LogP contribution in [0, 0.1) is 0 Å². The maximum absolute atomic E-state index is 13.6. The van der Waals surface area contributed by atoms with E-state index < -0.39 is 35.9 Å². The van der Waals surface area contributed by atoms with Crippen LogP contribution in [0.5, 0.6) is 11.5 Å². The number of hydrogen-bond acceptors (Lipinski definition) is 28. The molecule has 32 heteroatoms. The number of rotatable bonds is 21. The number of halogens is 2. The van der Waals surface area contributed by atoms with Gasteiger partial charge >= 0.3 is 11.9 Å². The Balaban J connectivity index is 0.000000170. The number of nitrogens with one attached hydrogen (secondary N) is 2. The van der Waals surface area contributed by atoms with Gasteiger partial charge in [0.25, 0.3) is 0 Å². The Bertz CT molecular complexity index is 4800. The first-order valence-corrected chi connectivity index (χ1v) is 51.4. The van der Waals surface area contributed by atoms with E-state index in [1.807, 2.05) is 66.8 Å². The number of piperazine rings is 5. The third-order valence-electron chi connectivity index (χ3n) is 27.2. The highest BCUT2D eigenvalue weighted by Gasteiger charge is 2.38. The van der Waals surface area contributed by atoms with E-state index in [4.69, 9.17) is 24.1 Å². The number of alkyl halides is 2. The number of aliphatic carboxylic acids is 2. The Kier molecular flexibility index (Phi) is 42.1. The molecule has 9 fully saturated rings. The third kappa shape index (κ3) is 37.1. The molecular formula is C109H173F2N21O9. The number of aliphatic hydroxyl groups is 1. The molecule has 16 rings (SSSR count). The Morgan fingerprint density at radius 1 is 0.390 bits per heavy atom. The van der Waals surface area contributed by atoms with Crippen LogP contribution in [0.1, 0.15) is 236 Å². The van der Waals surface area contributed by atoms with Crippen LogP contribution in [-0.4, -0.2) is 357 Å². The molecule has 9 saturated heterocycles. The molecule has 9 aliphatic rings. The molecule has 9 aliphatic heterocycles. The number of nitrogens with zero attached hydrogens (tertiary/aromatic N) is 19. The second kappa shape index (κ2) is 51.9. The zero-order valence-electron chi connectivity index (χ0n) is 89.8. The molecule has 0 aliphatic carbocycles. The molecule has 0 spiro atoms. The monoisotopic (exact) mass is 1960 g/mol. The lowest BCUT2D eigenvalue weighted by atomic mass is 9.91. The minimum atomic E-state index is -0.943. The number of hydrogen-bond donors (Lipinski definition) is 5. The highest BCUT2D eigenvalue weighted by Crippen LogP contribution is 2.31. The summed E-state index contributed by atoms with van der Waals surface area (Å²) in [4.78, 5) is 68.0. The fourth-order valence-electron chi connectivity index (χ4n) is 17.3. The Morgan fingerprint density at radius 2 is 0.716 bits per heavy atom. The minimum Gasteiger partial charge on any atom is -0.486 e. The lowest BCUT2D eigenvalue weighted by Gasteiger charge is -2.42. The standard InChI is InChI=1S/C18H29N3O2.C17H27N3O.C17H29N3O.C15H24N4O2.C15H24N4O.C14H21FN2O.C13H19FN2O/c1-17(2,3)15-7-6-14(12-19-15)13-20-8-10-21(11-9-20)18(4,5)16(22)23;1-17(2,3)16-5-4-14(10-18-16)11-19-6-8-20(9-7-19)15-12-21-13-15;1-14(21)12-19-7-9-20(10-8-19)13-15-5-6-16(18-11-15)17(2,3)4;1-15(2,3)12-4-5-13(17-16-12)19-10-8-18(9-11-19)7-6-14(20)21;1-15(2,3)13-4-5-14(17-16-13)19-8-6-18(7-9-19)12-10-20-11-12;1-14(2,3)13-5-4-10(8-17-13)18-12-6-7-16-9-11(12)15;1-13(2,3)12-5-4-9(6-16-12)17-11-8-15-7-10(11)14/h6-7,12H,8-11,13H2,1-5H3,(H,22,23);4-5,10,15H,6-9,11-13H2,1-3H3;5-6,11,14,21H,7-10,12-13H2,1-4H3;4-5H,6-11H2,1-3H3,(H,20,21);4-5,12H,6-11H2,1-3H3;4-5,8,11-12,16H,6-7,9H2,1-3H3;4-6,10-11,15H,7-8H2,1-3H3/t;;;;;11-,12+;10-,11+/m.....00/s1. The van der Waals surface area contributed by atoms with Crippen molar-refractivity contribution in [1.29, 1.82) is 0 Å². The van der Waals surface area contributed by atoms with Gasteiger partial charge in [0.15, 0.2) is 17.8 Å². The number of carboxylic acid groups (broad SMARTS) is 2. The maximum atomic E-state index is 13.6. The van der Waals surface area contributed by atoms with Crippen LogP contribution in [0.2, 0.25) is 0 Å². The SMILES string of the molecule is CC(C)(C)c1ccc(CN2CCN(C(C)(C)C(=O)O)CC2)cn1.CC(C)(C)c1ccc(CN2CCN(C3COC3)CC2)cn1.CC(C)(C)c1ccc(N2CCN(C3COC3)CC2)nn1.CC(C)(C)c1ccc(N2CCN(CCC(=O)O)CC2)nn1.CC(C)(C)c1ccc(O[C@@H]2CCNC[C@@H]2F)cn1.CC(C)(C)c1ccc(O[C@@H]2CNC[C@@H]2F)cn1.CC(O)CN1CCN(Cc2ccc(C(C)(C)C)nc2)CC1. The van der Waals surface area contributed by atoms with E-state index in [9.17, 15) is 28.6 Å². The largest absolute Gasteiger partial charge is 0.486 e. The topological polar surface area (TPSA) is 304 Å². The van der Waals surface area contributed by atoms with E-state index in [-0.39, 0.29) is 56.5 Å². The molecule has 16 heterocycles. The van der Waals surface area contributed by atoms with Crippen LogP contribution in [0.3, 0.4) is 0 Å². The summed E-state index contributed by atoms with van der Waals surface area (Å²) in [5, 5.41) is 50.9. The Morgan fingerprint density at radius 3 is 1.02 bits per heavy atom. The third-order valence-corrected chi connectivity index (χ3v) is 27.2. The van der Waals surface area contributed by atoms with Gasteiger partial charge in [-0.2, -0.15) is 10.2 Å². The predicted molar refractivity (Wildman–Crippen MR) is 558 cm³/mol. The van der Waals surface area contributed by atoms with Crippen LogP contribution >= 0.6 is 0 Å². The van der Waals surface area contributed by atoms with Gasteiger partial charge in [0.05, 0.1) is 74.8 Å². The lowest BCUT2D eigenvalue weighted by Crippen LogP contribution is -2.57. The van der Waals surface area contributed by atoms with Gasteiger partial charge in [-0.1, -0.05) is 164 Å². The van der Waals surface area contributed by atoms with Gasteiger partial charge in [-0.05, 0) is 117 Å². The fourth-order valence-corrected chi connectivity index (χ4v) is 17.3. The molecule has 0 bridgehead atoms. The first kappa shape index (κ1) is 114. The van der Waals surface area contributed by atoms with Gasteiger partial charge < -0.3 is 54.7 Å². The summed E-state index contributed by atoms with van der Waals surface area (Å²) in [6.45, 7) is 80.6. The quantitative estimate of drug-likeness (QED) is 0.0446. The summed E-state index contributed by atoms with van der Waals surface area (Å²) in [6, 6.07) is 30.3. The summed E-state index contributed by atoms with van der Waals surface area (Å²) in [6.07, 6.45) is 7.45. The molecule has 141 heavy (non-hydrogen) atoms. The molecule has 5 N–H and O–H groups in total. The van der Waals surface area contributed by atoms with Crippen molar-refractivity contribution in [2.75, 3.05) is 206 Å². The van der Waals surface area contributed by atoms with Crippen LogP contribution < -0.4 is 29.9 Å². The van der Waals surface area contributed by atoms with Crippen molar-refractivity contribution in [3.05, 3.63) is 172 Å². The van der Waals surface area contributed by atoms with E-state index in [2.05, 4.69) is 294 Å². The molecule has 0 saturated carbocycles. The molecule has 0 amide bonds. The van der Waals surface area contributed by atoms with Gasteiger partial charge in [-0.3, -0.25) is 73.7 Å². The normalized spacial score (nSPS) is 21.0. The molecule has 0 aromatic carbocycles. The number of carboxylic acids is 2. The van der Waals surface area contributed by atoms with Crippen LogP contribution in [0.25, 0.3) is 0 Å². The van der Waals surface area contributed by atoms with Gasteiger partial charge in [0.1, 0.15) is 35.4 Å². The van der Waals surface area contributed by atoms with E-state index in [1.54, 1.807) is 26.2 Å². The van der Waals surface area contributed by atoms with E-state index >= 15 is 0 Å². The number of anilines is 2. The smallest absolute Gasteiger partial charge is 0.323 e. The summed E-state index contributed by atoms with van der Waals surface area (Å²) in [7, 11) is 0. The number of pyridine rings is 5. The molecule has 0 radical (unpaired) electrons. The van der Waals surface area contributed by atoms with Crippen molar-refractivity contribution < 1.29 is 52.6 Å². The lowest BCUT2D eigenvalue weighted by molar-refractivity contribution is -0.150. The number of ether oxygens (including phenoxy) is 4. The summed E-state index contributed by atoms with van der Waals surface area (Å²) < 4.78 is 48.7. The first-order chi connectivity index (χ1) is 66.3. The highest BCUT2D eigenvalue weighted by molar-refractivity contribution is 5.77. The number of piperidine rings is 1. The van der Waals surface area contributed by atoms with Crippen molar-refractivity contribution >= 4 is 23.6 Å². The first-order valence-electron chi connectivity index (χ1n) is 51.4. The number of aromatic nitrogens is 9. The number of carbonyl (C=O) groups is 2. The van der Waals surface area contributed by atoms with Crippen molar-refractivity contribution in [3.8, 4) is 11.5 Å². The highest BCUT2D eigenvalue weighted by atomic mass is 19.1. The minimum absolute atomic E-state index is 0.0149. The van der Waals surface area contributed by atoms with E-state index in [0.29, 0.717) is 56.2 Å². The van der Waals surface area contributed by atoms with E-state index in [1.165, 1.54) is 35.5 Å². The second-order valence-corrected chi connectivity index (χ2v) is 47.0. The molecule has 7 aromatic heterocycles. The van der Waals surface area contributed by atoms with Gasteiger partial charge in [-0.25, -0.2) is 8.78 Å². The summed E-state index contributed by atoms with van der Waals surface area (Å²) in [5.74, 6) is 1.70. The van der Waals surface area contributed by atoms with Crippen LogP contribution in [0.4, 0.5) is 20.4 Å². The van der Waals surface area contributed by atoms with Crippen LogP contribution in [0.15, 0.2) is 116 Å². The summed E-state index contributed by atoms with van der Waals surface area (Å²) >= 11 is 0. The zero-order chi connectivity index (χ0) is 103. The van der Waals surface area contributed by atoms with Crippen molar-refractivity contribution in [1.82, 2.24) is 95.1 Å². The summed E-state index contributed by atoms with van der Waals surface area (Å²) in [5.41, 5.74) is 11.0. The van der Waals surface area contributed by atoms with Gasteiger partial charge in [0.2, 0.25) is 0 Å². The van der Waals surface area contributed by atoms with Crippen molar-refractivity contribution in [2.45, 2.75) is 285 Å². The Labute approximate surface area is 842 Å². The van der Waals surface area contributed by atoms with Crippen molar-refractivity contribution in [2.24, 2.45) is 0 Å². The average molecular weight is 1960 g/mol. The molecular weight excluding hydrogens is 1790 g/mol. The molecule has 1 unspecified atom stereocenters. The fraction of sp³-hybridized carbons (Fsp3) is 0.679. The predicted octanol–water partition coefficient (Wildman–Crippen LogP) is 13.3. The molecule has 7 aromatic rings. The molecule has 5 atom stereocenters. The number of β-amino-alcohol motifs (C(OH)–C–C–N with tert-alkyl or cyclic N) is 1. The number of aliphatic hydroxyl groups excluding tert-OH is 1. The Hall–Kier alpha value is -8.61. The zero-order valence-corrected chi connectivity index (χ0v) is 89.8.